The molecule has 0 bridgehead atoms. The molecule has 2 aliphatic rings. The summed E-state index contributed by atoms with van der Waals surface area (Å²) in [6, 6.07) is 16.0. The van der Waals surface area contributed by atoms with Crippen molar-refractivity contribution >= 4 is 33.2 Å². The summed E-state index contributed by atoms with van der Waals surface area (Å²) in [4.78, 5) is 20.0. The smallest absolute Gasteiger partial charge is 0.264 e. The Morgan fingerprint density at radius 1 is 1.04 bits per heavy atom. The van der Waals surface area contributed by atoms with Crippen LogP contribution in [0.15, 0.2) is 58.0 Å². The molecule has 25 heavy (non-hydrogen) atoms. The number of aliphatic imine (C=N–C) groups is 1. The van der Waals surface area contributed by atoms with Crippen LogP contribution >= 0.6 is 15.9 Å². The van der Waals surface area contributed by atoms with Gasteiger partial charge in [-0.2, -0.15) is 0 Å². The van der Waals surface area contributed by atoms with E-state index < -0.39 is 6.17 Å². The van der Waals surface area contributed by atoms with Gasteiger partial charge in [0.25, 0.3) is 5.91 Å². The minimum absolute atomic E-state index is 0.0450. The minimum atomic E-state index is -0.471. The zero-order chi connectivity index (χ0) is 17.2. The Morgan fingerprint density at radius 2 is 1.80 bits per heavy atom. The van der Waals surface area contributed by atoms with Gasteiger partial charge in [-0.05, 0) is 31.0 Å². The molecule has 1 atom stereocenters. The van der Waals surface area contributed by atoms with Gasteiger partial charge in [-0.1, -0.05) is 52.7 Å². The number of likely N-dealkylation sites (tertiary alicyclic amines) is 1. The molecular weight excluding hydrogens is 378 g/mol. The lowest BCUT2D eigenvalue weighted by atomic mass is 10.0. The first-order chi connectivity index (χ1) is 12.2. The summed E-state index contributed by atoms with van der Waals surface area (Å²) in [7, 11) is 0. The Bertz CT molecular complexity index is 813. The molecule has 0 aliphatic carbocycles. The molecule has 4 nitrogen and oxygen atoms in total. The molecule has 2 aromatic carbocycles. The summed E-state index contributed by atoms with van der Waals surface area (Å²) in [5, 5.41) is 3.08. The SMILES string of the molecule is O=C1Nc2ccc(Br)cc2C(c2ccccc2)=NC1N1CCCCC1. The fourth-order valence-corrected chi connectivity index (χ4v) is 3.87. The van der Waals surface area contributed by atoms with E-state index in [1.54, 1.807) is 0 Å². The zero-order valence-corrected chi connectivity index (χ0v) is 15.5. The number of benzodiazepines with no additional fused rings is 1. The Labute approximate surface area is 156 Å². The first-order valence-electron chi connectivity index (χ1n) is 8.70. The molecule has 2 heterocycles. The highest BCUT2D eigenvalue weighted by Gasteiger charge is 2.31. The van der Waals surface area contributed by atoms with Crippen LogP contribution in [0.4, 0.5) is 5.69 Å². The first-order valence-corrected chi connectivity index (χ1v) is 9.50. The van der Waals surface area contributed by atoms with Crippen LogP contribution in [-0.2, 0) is 4.79 Å². The second-order valence-corrected chi connectivity index (χ2v) is 7.41. The van der Waals surface area contributed by atoms with Crippen LogP contribution in [0.1, 0.15) is 30.4 Å². The molecule has 1 N–H and O–H groups in total. The average Bonchev–Trinajstić information content (AvgIpc) is 2.79. The van der Waals surface area contributed by atoms with Crippen LogP contribution < -0.4 is 5.32 Å². The number of hydrogen-bond acceptors (Lipinski definition) is 3. The normalized spacial score (nSPS) is 21.1. The third kappa shape index (κ3) is 3.39. The van der Waals surface area contributed by atoms with Crippen molar-refractivity contribution in [2.24, 2.45) is 4.99 Å². The second-order valence-electron chi connectivity index (χ2n) is 6.49. The fourth-order valence-electron chi connectivity index (χ4n) is 3.51. The van der Waals surface area contributed by atoms with Gasteiger partial charge in [-0.25, -0.2) is 0 Å². The van der Waals surface area contributed by atoms with Gasteiger partial charge in [0.15, 0.2) is 6.17 Å². The Hall–Kier alpha value is -1.98. The topological polar surface area (TPSA) is 44.7 Å². The number of amides is 1. The molecule has 1 fully saturated rings. The van der Waals surface area contributed by atoms with Crippen LogP contribution in [-0.4, -0.2) is 35.8 Å². The highest BCUT2D eigenvalue weighted by Crippen LogP contribution is 2.28. The van der Waals surface area contributed by atoms with Crippen LogP contribution in [0.5, 0.6) is 0 Å². The molecule has 4 rings (SSSR count). The van der Waals surface area contributed by atoms with Gasteiger partial charge in [0.05, 0.1) is 11.4 Å². The lowest BCUT2D eigenvalue weighted by molar-refractivity contribution is -0.121. The Balaban J connectivity index is 1.84. The van der Waals surface area contributed by atoms with E-state index >= 15 is 0 Å². The predicted molar refractivity (Wildman–Crippen MR) is 104 cm³/mol. The molecule has 1 unspecified atom stereocenters. The third-order valence-corrected chi connectivity index (χ3v) is 5.26. The third-order valence-electron chi connectivity index (χ3n) is 4.76. The number of halogens is 1. The van der Waals surface area contributed by atoms with Crippen LogP contribution in [0.3, 0.4) is 0 Å². The molecule has 0 saturated carbocycles. The van der Waals surface area contributed by atoms with Crippen molar-refractivity contribution < 1.29 is 4.79 Å². The van der Waals surface area contributed by atoms with E-state index in [1.807, 2.05) is 48.5 Å². The minimum Gasteiger partial charge on any atom is -0.322 e. The van der Waals surface area contributed by atoms with Gasteiger partial charge in [-0.15, -0.1) is 0 Å². The van der Waals surface area contributed by atoms with E-state index in [0.29, 0.717) is 0 Å². The molecule has 1 saturated heterocycles. The summed E-state index contributed by atoms with van der Waals surface area (Å²) in [5.74, 6) is -0.0450. The van der Waals surface area contributed by atoms with E-state index in [1.165, 1.54) is 6.42 Å². The quantitative estimate of drug-likeness (QED) is 0.830. The van der Waals surface area contributed by atoms with Crippen molar-refractivity contribution in [3.05, 3.63) is 64.1 Å². The molecule has 0 aromatic heterocycles. The van der Waals surface area contributed by atoms with Gasteiger partial charge in [0, 0.05) is 28.7 Å². The zero-order valence-electron chi connectivity index (χ0n) is 13.9. The Kier molecular flexibility index (Phi) is 4.68. The second kappa shape index (κ2) is 7.10. The van der Waals surface area contributed by atoms with Crippen molar-refractivity contribution in [1.82, 2.24) is 4.90 Å². The fraction of sp³-hybridized carbons (Fsp3) is 0.300. The molecule has 5 heteroatoms. The number of fused-ring (bicyclic) bond motifs is 1. The molecule has 1 amide bonds. The lowest BCUT2D eigenvalue weighted by Gasteiger charge is -2.30. The molecular formula is C20H20BrN3O. The van der Waals surface area contributed by atoms with Crippen molar-refractivity contribution in [2.45, 2.75) is 25.4 Å². The molecule has 0 radical (unpaired) electrons. The standard InChI is InChI=1S/C20H20BrN3O/c21-15-9-10-17-16(13-15)18(14-7-3-1-4-8-14)23-19(20(25)22-17)24-11-5-2-6-12-24/h1,3-4,7-10,13,19H,2,5-6,11-12H2,(H,22,25). The molecule has 2 aliphatic heterocycles. The number of nitrogens with zero attached hydrogens (tertiary/aromatic N) is 2. The van der Waals surface area contributed by atoms with Gasteiger partial charge >= 0.3 is 0 Å². The highest BCUT2D eigenvalue weighted by molar-refractivity contribution is 9.10. The van der Waals surface area contributed by atoms with Crippen LogP contribution in [0.2, 0.25) is 0 Å². The summed E-state index contributed by atoms with van der Waals surface area (Å²) in [5.41, 5.74) is 3.66. The highest BCUT2D eigenvalue weighted by atomic mass is 79.9. The van der Waals surface area contributed by atoms with Gasteiger partial charge in [0.1, 0.15) is 0 Å². The maximum absolute atomic E-state index is 12.9. The summed E-state index contributed by atoms with van der Waals surface area (Å²) < 4.78 is 0.973. The number of nitrogens with one attached hydrogen (secondary N) is 1. The number of carbonyl (C=O) groups is 1. The summed E-state index contributed by atoms with van der Waals surface area (Å²) in [6.45, 7) is 1.84. The Morgan fingerprint density at radius 3 is 2.56 bits per heavy atom. The monoisotopic (exact) mass is 397 g/mol. The molecule has 0 spiro atoms. The van der Waals surface area contributed by atoms with Gasteiger partial charge < -0.3 is 5.32 Å². The van der Waals surface area contributed by atoms with Crippen molar-refractivity contribution in [2.75, 3.05) is 18.4 Å². The van der Waals surface area contributed by atoms with E-state index in [0.717, 1.165) is 52.9 Å². The van der Waals surface area contributed by atoms with E-state index in [2.05, 4.69) is 26.1 Å². The maximum atomic E-state index is 12.9. The number of benzene rings is 2. The first kappa shape index (κ1) is 16.5. The van der Waals surface area contributed by atoms with Crippen LogP contribution in [0.25, 0.3) is 0 Å². The number of rotatable bonds is 2. The number of piperidine rings is 1. The molecule has 128 valence electrons. The van der Waals surface area contributed by atoms with Gasteiger partial charge in [-0.3, -0.25) is 14.7 Å². The van der Waals surface area contributed by atoms with Crippen molar-refractivity contribution in [1.29, 1.82) is 0 Å². The largest absolute Gasteiger partial charge is 0.322 e. The van der Waals surface area contributed by atoms with Crippen molar-refractivity contribution in [3.63, 3.8) is 0 Å². The van der Waals surface area contributed by atoms with Crippen molar-refractivity contribution in [3.8, 4) is 0 Å². The lowest BCUT2D eigenvalue weighted by Crippen LogP contribution is -2.45. The predicted octanol–water partition coefficient (Wildman–Crippen LogP) is 4.05. The van der Waals surface area contributed by atoms with E-state index in [-0.39, 0.29) is 5.91 Å². The average molecular weight is 398 g/mol. The van der Waals surface area contributed by atoms with Gasteiger partial charge in [0.2, 0.25) is 0 Å². The van der Waals surface area contributed by atoms with E-state index in [9.17, 15) is 4.79 Å². The maximum Gasteiger partial charge on any atom is 0.264 e. The summed E-state index contributed by atoms with van der Waals surface area (Å²) in [6.07, 6.45) is 3.01. The number of hydrogen-bond donors (Lipinski definition) is 1. The van der Waals surface area contributed by atoms with Crippen LogP contribution in [0, 0.1) is 0 Å². The number of carbonyl (C=O) groups excluding carboxylic acids is 1. The molecule has 2 aromatic rings. The van der Waals surface area contributed by atoms with E-state index in [4.69, 9.17) is 4.99 Å². The summed E-state index contributed by atoms with van der Waals surface area (Å²) >= 11 is 3.54. The number of anilines is 1.